The monoisotopic (exact) mass is 422 g/mol. The van der Waals surface area contributed by atoms with E-state index in [4.69, 9.17) is 9.90 Å². The van der Waals surface area contributed by atoms with Crippen molar-refractivity contribution in [2.24, 2.45) is 0 Å². The van der Waals surface area contributed by atoms with E-state index in [2.05, 4.69) is 10.0 Å². The molecule has 0 bridgehead atoms. The highest BCUT2D eigenvalue weighted by Crippen LogP contribution is 2.29. The minimum Gasteiger partial charge on any atom is -0.475 e. The van der Waals surface area contributed by atoms with Crippen molar-refractivity contribution in [1.29, 1.82) is 0 Å². The van der Waals surface area contributed by atoms with Crippen molar-refractivity contribution in [2.75, 3.05) is 13.1 Å². The molecule has 0 aliphatic carbocycles. The molecular weight excluding hydrogens is 406 g/mol. The maximum Gasteiger partial charge on any atom is 0.490 e. The molecule has 0 aromatic heterocycles. The molecule has 2 rings (SSSR count). The molecule has 27 heavy (non-hydrogen) atoms. The van der Waals surface area contributed by atoms with E-state index < -0.39 is 33.9 Å². The molecule has 1 atom stereocenters. The van der Waals surface area contributed by atoms with E-state index in [1.165, 1.54) is 0 Å². The Morgan fingerprint density at radius 1 is 1.15 bits per heavy atom. The summed E-state index contributed by atoms with van der Waals surface area (Å²) in [5.41, 5.74) is -0.867. The van der Waals surface area contributed by atoms with Gasteiger partial charge in [0.1, 0.15) is 0 Å². The predicted molar refractivity (Wildman–Crippen MR) is 81.3 cm³/mol. The number of alkyl halides is 6. The van der Waals surface area contributed by atoms with Crippen LogP contribution in [0.25, 0.3) is 0 Å². The van der Waals surface area contributed by atoms with E-state index in [-0.39, 0.29) is 17.5 Å². The second-order valence-corrected chi connectivity index (χ2v) is 7.24. The highest BCUT2D eigenvalue weighted by Gasteiger charge is 2.38. The van der Waals surface area contributed by atoms with Crippen molar-refractivity contribution in [3.05, 3.63) is 29.8 Å². The van der Waals surface area contributed by atoms with E-state index in [1.807, 2.05) is 0 Å². The Bertz CT molecular complexity index is 725. The summed E-state index contributed by atoms with van der Waals surface area (Å²) in [5, 5.41) is 10.3. The van der Waals surface area contributed by atoms with E-state index in [9.17, 15) is 34.8 Å². The zero-order chi connectivity index (χ0) is 20.9. The van der Waals surface area contributed by atoms with E-state index in [0.717, 1.165) is 43.7 Å². The largest absolute Gasteiger partial charge is 0.490 e. The number of benzene rings is 1. The van der Waals surface area contributed by atoms with Gasteiger partial charge in [-0.05, 0) is 43.7 Å². The number of nitrogens with one attached hydrogen (secondary N) is 2. The summed E-state index contributed by atoms with van der Waals surface area (Å²) in [7, 11) is -3.77. The first-order chi connectivity index (χ1) is 12.2. The second kappa shape index (κ2) is 8.89. The quantitative estimate of drug-likeness (QED) is 0.648. The van der Waals surface area contributed by atoms with Gasteiger partial charge in [0.05, 0.1) is 10.5 Å². The van der Waals surface area contributed by atoms with Crippen LogP contribution in [0.1, 0.15) is 18.4 Å². The average molecular weight is 422 g/mol. The molecule has 3 N–H and O–H groups in total. The summed E-state index contributed by atoms with van der Waals surface area (Å²) in [4.78, 5) is 8.73. The Morgan fingerprint density at radius 3 is 2.04 bits per heavy atom. The van der Waals surface area contributed by atoms with Crippen LogP contribution in [0.4, 0.5) is 26.3 Å². The van der Waals surface area contributed by atoms with Crippen LogP contribution in [0.5, 0.6) is 0 Å². The van der Waals surface area contributed by atoms with E-state index in [1.54, 1.807) is 0 Å². The Morgan fingerprint density at radius 2 is 1.67 bits per heavy atom. The van der Waals surface area contributed by atoms with Gasteiger partial charge in [-0.15, -0.1) is 0 Å². The molecule has 13 heteroatoms. The molecule has 0 radical (unpaired) electrons. The maximum absolute atomic E-state index is 12.4. The number of rotatable bonds is 4. The van der Waals surface area contributed by atoms with Gasteiger partial charge >= 0.3 is 18.3 Å². The molecule has 1 fully saturated rings. The van der Waals surface area contributed by atoms with E-state index >= 15 is 0 Å². The number of carboxylic acid groups (broad SMARTS) is 1. The average Bonchev–Trinajstić information content (AvgIpc) is 3.05. The van der Waals surface area contributed by atoms with Gasteiger partial charge in [-0.1, -0.05) is 0 Å². The van der Waals surface area contributed by atoms with Crippen LogP contribution in [-0.4, -0.2) is 44.8 Å². The van der Waals surface area contributed by atoms with Crippen LogP contribution >= 0.6 is 0 Å². The molecular formula is C14H16F6N2O4S. The lowest BCUT2D eigenvalue weighted by atomic mass is 10.2. The van der Waals surface area contributed by atoms with Crippen LogP contribution in [0.2, 0.25) is 0 Å². The number of carboxylic acids is 1. The molecule has 6 nitrogen and oxygen atoms in total. The molecule has 1 heterocycles. The summed E-state index contributed by atoms with van der Waals surface area (Å²) in [6.45, 7) is 1.09. The lowest BCUT2D eigenvalue weighted by Crippen LogP contribution is -2.37. The minimum absolute atomic E-state index is 0.0826. The highest BCUT2D eigenvalue weighted by molar-refractivity contribution is 7.89. The van der Waals surface area contributed by atoms with Gasteiger partial charge in [0.15, 0.2) is 0 Å². The van der Waals surface area contributed by atoms with Crippen molar-refractivity contribution in [3.63, 3.8) is 0 Å². The van der Waals surface area contributed by atoms with Crippen molar-refractivity contribution in [1.82, 2.24) is 10.0 Å². The molecule has 0 unspecified atom stereocenters. The fraction of sp³-hybridized carbons (Fsp3) is 0.500. The van der Waals surface area contributed by atoms with Crippen molar-refractivity contribution >= 4 is 16.0 Å². The number of halogens is 6. The van der Waals surface area contributed by atoms with Gasteiger partial charge in [0.25, 0.3) is 0 Å². The standard InChI is InChI=1S/C12H15F3N2O2S.C2HF3O2/c13-12(14,15)9-3-5-11(6-4-9)20(18,19)17-8-10-2-1-7-16-10;3-2(4,5)1(6)7/h3-6,10,16-17H,1-2,7-8H2;(H,6,7)/t10-;/m1./s1. The van der Waals surface area contributed by atoms with Crippen LogP contribution in [-0.2, 0) is 21.0 Å². The van der Waals surface area contributed by atoms with Gasteiger partial charge in [-0.25, -0.2) is 17.9 Å². The third kappa shape index (κ3) is 7.72. The normalized spacial score (nSPS) is 17.9. The van der Waals surface area contributed by atoms with Gasteiger partial charge in [-0.2, -0.15) is 26.3 Å². The molecule has 1 saturated heterocycles. The summed E-state index contributed by atoms with van der Waals surface area (Å²) in [5.74, 6) is -2.76. The first-order valence-corrected chi connectivity index (χ1v) is 8.92. The fourth-order valence-electron chi connectivity index (χ4n) is 2.05. The number of aliphatic carboxylic acids is 1. The zero-order valence-electron chi connectivity index (χ0n) is 13.6. The molecule has 1 aliphatic heterocycles. The second-order valence-electron chi connectivity index (χ2n) is 5.47. The van der Waals surface area contributed by atoms with Gasteiger partial charge in [0, 0.05) is 12.6 Å². The molecule has 0 spiro atoms. The number of hydrogen-bond acceptors (Lipinski definition) is 4. The van der Waals surface area contributed by atoms with Crippen molar-refractivity contribution in [3.8, 4) is 0 Å². The summed E-state index contributed by atoms with van der Waals surface area (Å²) in [6, 6.07) is 3.55. The van der Waals surface area contributed by atoms with Gasteiger partial charge < -0.3 is 10.4 Å². The third-order valence-electron chi connectivity index (χ3n) is 3.42. The molecule has 1 aliphatic rings. The summed E-state index contributed by atoms with van der Waals surface area (Å²) >= 11 is 0. The van der Waals surface area contributed by atoms with Gasteiger partial charge in [0.2, 0.25) is 10.0 Å². The Kier molecular flexibility index (Phi) is 7.63. The number of sulfonamides is 1. The molecule has 1 aromatic carbocycles. The lowest BCUT2D eigenvalue weighted by molar-refractivity contribution is -0.192. The summed E-state index contributed by atoms with van der Waals surface area (Å²) in [6.07, 6.45) is -7.67. The first-order valence-electron chi connectivity index (χ1n) is 7.44. The Balaban J connectivity index is 0.000000445. The van der Waals surface area contributed by atoms with Crippen LogP contribution in [0.15, 0.2) is 29.2 Å². The number of carbonyl (C=O) groups is 1. The first kappa shape index (κ1) is 23.2. The van der Waals surface area contributed by atoms with Crippen LogP contribution in [0, 0.1) is 0 Å². The lowest BCUT2D eigenvalue weighted by Gasteiger charge is -2.12. The van der Waals surface area contributed by atoms with Crippen molar-refractivity contribution < 1.29 is 44.7 Å². The zero-order valence-corrected chi connectivity index (χ0v) is 14.4. The minimum atomic E-state index is -5.08. The molecule has 0 amide bonds. The maximum atomic E-state index is 12.4. The molecule has 0 saturated carbocycles. The third-order valence-corrected chi connectivity index (χ3v) is 4.86. The smallest absolute Gasteiger partial charge is 0.475 e. The predicted octanol–water partition coefficient (Wildman–Crippen LogP) is 2.37. The topological polar surface area (TPSA) is 95.5 Å². The Hall–Kier alpha value is -1.86. The molecule has 154 valence electrons. The number of hydrogen-bond donors (Lipinski definition) is 3. The SMILES string of the molecule is O=C(O)C(F)(F)F.O=S(=O)(NC[C@H]1CCCN1)c1ccc(C(F)(F)F)cc1. The summed E-state index contributed by atoms with van der Waals surface area (Å²) < 4.78 is 95.2. The van der Waals surface area contributed by atoms with Crippen molar-refractivity contribution in [2.45, 2.75) is 36.1 Å². The highest BCUT2D eigenvalue weighted by atomic mass is 32.2. The van der Waals surface area contributed by atoms with E-state index in [0.29, 0.717) is 0 Å². The fourth-order valence-corrected chi connectivity index (χ4v) is 3.13. The van der Waals surface area contributed by atoms with Crippen LogP contribution < -0.4 is 10.0 Å². The molecule has 1 aromatic rings. The van der Waals surface area contributed by atoms with Crippen LogP contribution in [0.3, 0.4) is 0 Å². The Labute approximate surface area is 150 Å². The van der Waals surface area contributed by atoms with Gasteiger partial charge in [-0.3, -0.25) is 0 Å².